The summed E-state index contributed by atoms with van der Waals surface area (Å²) in [4.78, 5) is 16.5. The lowest BCUT2D eigenvalue weighted by atomic mass is 10.1. The fraction of sp³-hybridized carbons (Fsp3) is 0.350. The number of benzene rings is 2. The highest BCUT2D eigenvalue weighted by Crippen LogP contribution is 2.29. The van der Waals surface area contributed by atoms with Crippen molar-refractivity contribution in [1.82, 2.24) is 5.06 Å². The van der Waals surface area contributed by atoms with Crippen LogP contribution in [0.1, 0.15) is 18.1 Å². The van der Waals surface area contributed by atoms with Gasteiger partial charge in [-0.25, -0.2) is 9.86 Å². The maximum absolute atomic E-state index is 11.7. The predicted molar refractivity (Wildman–Crippen MR) is 99.7 cm³/mol. The van der Waals surface area contributed by atoms with Crippen LogP contribution in [0, 0.1) is 0 Å². The number of nitrogens with one attached hydrogen (secondary N) is 1. The summed E-state index contributed by atoms with van der Waals surface area (Å²) >= 11 is 0. The molecule has 0 aliphatic carbocycles. The second kappa shape index (κ2) is 8.10. The quantitative estimate of drug-likeness (QED) is 0.803. The average Bonchev–Trinajstić information content (AvgIpc) is 3.01. The minimum Gasteiger partial charge on any atom is -0.493 e. The number of carbonyl (C=O) groups is 1. The van der Waals surface area contributed by atoms with Crippen molar-refractivity contribution < 1.29 is 19.1 Å². The number of fused-ring (bicyclic) bond motifs is 1. The molecule has 1 aliphatic heterocycles. The minimum atomic E-state index is -0.337. The molecule has 26 heavy (non-hydrogen) atoms. The Morgan fingerprint density at radius 1 is 1.27 bits per heavy atom. The average molecular weight is 356 g/mol. The monoisotopic (exact) mass is 356 g/mol. The van der Waals surface area contributed by atoms with E-state index in [0.29, 0.717) is 12.3 Å². The number of anilines is 1. The Morgan fingerprint density at radius 3 is 2.77 bits per heavy atom. The zero-order valence-corrected chi connectivity index (χ0v) is 15.3. The van der Waals surface area contributed by atoms with Gasteiger partial charge in [0.2, 0.25) is 0 Å². The van der Waals surface area contributed by atoms with Gasteiger partial charge >= 0.3 is 6.03 Å². The molecule has 1 atom stereocenters. The summed E-state index contributed by atoms with van der Waals surface area (Å²) in [6, 6.07) is 13.3. The van der Waals surface area contributed by atoms with E-state index in [4.69, 9.17) is 14.3 Å². The number of ether oxygens (including phenoxy) is 2. The molecule has 3 rings (SSSR count). The van der Waals surface area contributed by atoms with Gasteiger partial charge in [-0.1, -0.05) is 12.1 Å². The lowest BCUT2D eigenvalue weighted by Crippen LogP contribution is -2.30. The molecule has 0 aromatic heterocycles. The summed E-state index contributed by atoms with van der Waals surface area (Å²) in [5.74, 6) is 1.76. The van der Waals surface area contributed by atoms with Gasteiger partial charge in [0.05, 0.1) is 13.7 Å². The molecule has 0 radical (unpaired) electrons. The van der Waals surface area contributed by atoms with Crippen molar-refractivity contribution >= 4 is 11.7 Å². The van der Waals surface area contributed by atoms with Gasteiger partial charge in [0.15, 0.2) is 0 Å². The van der Waals surface area contributed by atoms with Crippen molar-refractivity contribution in [2.45, 2.75) is 25.9 Å². The highest BCUT2D eigenvalue weighted by atomic mass is 16.7. The molecule has 1 N–H and O–H groups in total. The predicted octanol–water partition coefficient (Wildman–Crippen LogP) is 3.66. The van der Waals surface area contributed by atoms with Crippen molar-refractivity contribution in [1.29, 1.82) is 0 Å². The smallest absolute Gasteiger partial charge is 0.345 e. The first-order valence-corrected chi connectivity index (χ1v) is 8.65. The zero-order valence-electron chi connectivity index (χ0n) is 15.3. The lowest BCUT2D eigenvalue weighted by Gasteiger charge is -2.14. The number of amides is 2. The van der Waals surface area contributed by atoms with Crippen LogP contribution in [0.2, 0.25) is 0 Å². The van der Waals surface area contributed by atoms with Crippen LogP contribution in [0.15, 0.2) is 42.5 Å². The van der Waals surface area contributed by atoms with Crippen molar-refractivity contribution in [2.24, 2.45) is 0 Å². The summed E-state index contributed by atoms with van der Waals surface area (Å²) < 4.78 is 11.5. The highest BCUT2D eigenvalue weighted by molar-refractivity contribution is 5.88. The van der Waals surface area contributed by atoms with Crippen molar-refractivity contribution in [3.63, 3.8) is 0 Å². The molecule has 6 heteroatoms. The van der Waals surface area contributed by atoms with E-state index in [9.17, 15) is 4.79 Å². The van der Waals surface area contributed by atoms with Crippen LogP contribution in [0.4, 0.5) is 10.5 Å². The van der Waals surface area contributed by atoms with E-state index in [1.807, 2.05) is 18.2 Å². The van der Waals surface area contributed by atoms with Gasteiger partial charge in [0, 0.05) is 25.6 Å². The van der Waals surface area contributed by atoms with Gasteiger partial charge in [-0.15, -0.1) is 0 Å². The molecule has 0 bridgehead atoms. The summed E-state index contributed by atoms with van der Waals surface area (Å²) in [6.45, 7) is 2.68. The van der Waals surface area contributed by atoms with Gasteiger partial charge < -0.3 is 14.8 Å². The Labute approximate surface area is 153 Å². The topological polar surface area (TPSA) is 60.0 Å². The van der Waals surface area contributed by atoms with E-state index in [1.165, 1.54) is 18.2 Å². The molecule has 6 nitrogen and oxygen atoms in total. The van der Waals surface area contributed by atoms with E-state index in [-0.39, 0.29) is 12.1 Å². The van der Waals surface area contributed by atoms with Crippen molar-refractivity contribution in [3.05, 3.63) is 53.6 Å². The normalized spacial score (nSPS) is 15.1. The largest absolute Gasteiger partial charge is 0.493 e. The molecule has 0 spiro atoms. The third-order valence-corrected chi connectivity index (χ3v) is 4.29. The maximum atomic E-state index is 11.7. The van der Waals surface area contributed by atoms with Gasteiger partial charge in [-0.3, -0.25) is 4.84 Å². The van der Waals surface area contributed by atoms with Crippen LogP contribution in [-0.4, -0.2) is 38.0 Å². The molecular weight excluding hydrogens is 332 g/mol. The second-order valence-corrected chi connectivity index (χ2v) is 6.31. The van der Waals surface area contributed by atoms with Crippen LogP contribution >= 0.6 is 0 Å². The van der Waals surface area contributed by atoms with Crippen LogP contribution in [0.3, 0.4) is 0 Å². The SMILES string of the molecule is CON(C)C(=O)Nc1ccc(OCCc2ccc3c(c2)CC(C)O3)cc1. The summed E-state index contributed by atoms with van der Waals surface area (Å²) in [6.07, 6.45) is 2.06. The van der Waals surface area contributed by atoms with Gasteiger partial charge in [0.25, 0.3) is 0 Å². The summed E-state index contributed by atoms with van der Waals surface area (Å²) in [5, 5.41) is 3.84. The third kappa shape index (κ3) is 4.46. The number of hydroxylamine groups is 2. The molecule has 0 saturated heterocycles. The molecule has 138 valence electrons. The second-order valence-electron chi connectivity index (χ2n) is 6.31. The van der Waals surface area contributed by atoms with E-state index < -0.39 is 0 Å². The van der Waals surface area contributed by atoms with Gasteiger partial charge in [-0.2, -0.15) is 0 Å². The molecule has 1 heterocycles. The van der Waals surface area contributed by atoms with E-state index in [0.717, 1.165) is 29.4 Å². The lowest BCUT2D eigenvalue weighted by molar-refractivity contribution is -0.0598. The Balaban J connectivity index is 1.48. The molecule has 0 fully saturated rings. The molecule has 1 unspecified atom stereocenters. The first kappa shape index (κ1) is 18.1. The standard InChI is InChI=1S/C20H24N2O4/c1-14-12-16-13-15(4-9-19(16)26-14)10-11-25-18-7-5-17(6-8-18)21-20(23)22(2)24-3/h4-9,13-14H,10-12H2,1-3H3,(H,21,23). The molecular formula is C20H24N2O4. The fourth-order valence-electron chi connectivity index (χ4n) is 2.84. The molecule has 2 aromatic rings. The van der Waals surface area contributed by atoms with Gasteiger partial charge in [-0.05, 0) is 48.4 Å². The fourth-order valence-corrected chi connectivity index (χ4v) is 2.84. The van der Waals surface area contributed by atoms with Crippen molar-refractivity contribution in [2.75, 3.05) is 26.1 Å². The van der Waals surface area contributed by atoms with Crippen LogP contribution in [0.5, 0.6) is 11.5 Å². The maximum Gasteiger partial charge on any atom is 0.345 e. The summed E-state index contributed by atoms with van der Waals surface area (Å²) in [5.41, 5.74) is 3.20. The third-order valence-electron chi connectivity index (χ3n) is 4.29. The molecule has 2 amide bonds. The first-order valence-electron chi connectivity index (χ1n) is 8.65. The zero-order chi connectivity index (χ0) is 18.5. The van der Waals surface area contributed by atoms with E-state index >= 15 is 0 Å². The van der Waals surface area contributed by atoms with Crippen LogP contribution in [0.25, 0.3) is 0 Å². The van der Waals surface area contributed by atoms with E-state index in [1.54, 1.807) is 19.2 Å². The van der Waals surface area contributed by atoms with Crippen molar-refractivity contribution in [3.8, 4) is 11.5 Å². The van der Waals surface area contributed by atoms with E-state index in [2.05, 4.69) is 24.4 Å². The highest BCUT2D eigenvalue weighted by Gasteiger charge is 2.18. The minimum absolute atomic E-state index is 0.263. The first-order chi connectivity index (χ1) is 12.5. The number of rotatable bonds is 6. The molecule has 2 aromatic carbocycles. The number of nitrogens with zero attached hydrogens (tertiary/aromatic N) is 1. The number of hydrogen-bond acceptors (Lipinski definition) is 4. The van der Waals surface area contributed by atoms with Crippen LogP contribution in [-0.2, 0) is 17.7 Å². The Bertz CT molecular complexity index is 761. The Hall–Kier alpha value is -2.73. The Morgan fingerprint density at radius 2 is 2.04 bits per heavy atom. The Kier molecular flexibility index (Phi) is 5.63. The molecule has 1 aliphatic rings. The number of urea groups is 1. The number of hydrogen-bond donors (Lipinski definition) is 1. The molecule has 0 saturated carbocycles. The van der Waals surface area contributed by atoms with Gasteiger partial charge in [0.1, 0.15) is 17.6 Å². The number of carbonyl (C=O) groups excluding carboxylic acids is 1. The summed E-state index contributed by atoms with van der Waals surface area (Å²) in [7, 11) is 2.98. The van der Waals surface area contributed by atoms with Crippen LogP contribution < -0.4 is 14.8 Å².